The number of hydrogen-bond donors (Lipinski definition) is 0. The summed E-state index contributed by atoms with van der Waals surface area (Å²) in [5, 5.41) is 1.78. The third-order valence-corrected chi connectivity index (χ3v) is 4.66. The van der Waals surface area contributed by atoms with Crippen molar-refractivity contribution in [1.29, 1.82) is 0 Å². The Kier molecular flexibility index (Phi) is 4.32. The summed E-state index contributed by atoms with van der Waals surface area (Å²) < 4.78 is 5.88. The topological polar surface area (TPSA) is 38.2 Å². The molecule has 0 N–H and O–H groups in total. The van der Waals surface area contributed by atoms with Gasteiger partial charge in [-0.1, -0.05) is 23.7 Å². The molecule has 5 heteroatoms. The maximum Gasteiger partial charge on any atom is 0.162 e. The van der Waals surface area contributed by atoms with Gasteiger partial charge in [0.05, 0.1) is 17.7 Å². The van der Waals surface area contributed by atoms with Crippen LogP contribution in [0.5, 0.6) is 0 Å². The number of nitrogens with zero attached hydrogens (tertiary/aromatic N) is 3. The minimum Gasteiger partial charge on any atom is -0.372 e. The zero-order chi connectivity index (χ0) is 17.4. The second-order valence-electron chi connectivity index (χ2n) is 6.56. The van der Waals surface area contributed by atoms with Crippen molar-refractivity contribution in [1.82, 2.24) is 9.97 Å². The fourth-order valence-corrected chi connectivity index (χ4v) is 3.51. The molecule has 3 aromatic rings. The highest BCUT2D eigenvalue weighted by atomic mass is 35.5. The summed E-state index contributed by atoms with van der Waals surface area (Å²) in [7, 11) is 0. The van der Waals surface area contributed by atoms with Crippen LogP contribution < -0.4 is 4.90 Å². The number of halogens is 1. The molecule has 0 aliphatic carbocycles. The molecule has 4 rings (SSSR count). The fraction of sp³-hybridized carbons (Fsp3) is 0.300. The second-order valence-corrected chi connectivity index (χ2v) is 6.99. The van der Waals surface area contributed by atoms with E-state index in [0.29, 0.717) is 5.02 Å². The van der Waals surface area contributed by atoms with Crippen LogP contribution in [-0.2, 0) is 4.74 Å². The minimum atomic E-state index is 0.177. The van der Waals surface area contributed by atoms with Crippen molar-refractivity contribution in [2.24, 2.45) is 0 Å². The number of benzene rings is 2. The van der Waals surface area contributed by atoms with Crippen LogP contribution >= 0.6 is 11.6 Å². The van der Waals surface area contributed by atoms with Gasteiger partial charge in [0.1, 0.15) is 5.82 Å². The zero-order valence-electron chi connectivity index (χ0n) is 14.3. The van der Waals surface area contributed by atoms with E-state index in [2.05, 4.69) is 24.8 Å². The Labute approximate surface area is 152 Å². The number of morpholine rings is 1. The van der Waals surface area contributed by atoms with Gasteiger partial charge in [-0.3, -0.25) is 0 Å². The van der Waals surface area contributed by atoms with Gasteiger partial charge in [0.2, 0.25) is 0 Å². The van der Waals surface area contributed by atoms with Crippen molar-refractivity contribution < 1.29 is 4.74 Å². The van der Waals surface area contributed by atoms with Crippen molar-refractivity contribution in [3.63, 3.8) is 0 Å². The average Bonchev–Trinajstić information content (AvgIpc) is 2.60. The molecule has 1 saturated heterocycles. The van der Waals surface area contributed by atoms with Crippen molar-refractivity contribution in [2.75, 3.05) is 18.0 Å². The molecule has 0 spiro atoms. The maximum absolute atomic E-state index is 6.02. The van der Waals surface area contributed by atoms with Crippen LogP contribution in [0, 0.1) is 0 Å². The molecule has 1 aromatic heterocycles. The molecule has 4 nitrogen and oxygen atoms in total. The third-order valence-electron chi connectivity index (χ3n) is 4.40. The Morgan fingerprint density at radius 1 is 0.960 bits per heavy atom. The van der Waals surface area contributed by atoms with Gasteiger partial charge in [-0.2, -0.15) is 0 Å². The number of hydrogen-bond acceptors (Lipinski definition) is 4. The third kappa shape index (κ3) is 3.32. The predicted octanol–water partition coefficient (Wildman–Crippen LogP) is 4.56. The van der Waals surface area contributed by atoms with Crippen LogP contribution in [0.15, 0.2) is 48.5 Å². The zero-order valence-corrected chi connectivity index (χ0v) is 15.1. The lowest BCUT2D eigenvalue weighted by Crippen LogP contribution is -2.46. The van der Waals surface area contributed by atoms with Crippen LogP contribution in [-0.4, -0.2) is 35.3 Å². The standard InChI is InChI=1S/C20H20ClN3O/c1-13-11-24(12-14(2)25-13)20-17-5-3-4-6-18(17)22-19(23-20)15-7-9-16(21)10-8-15/h3-10,13-14H,11-12H2,1-2H3/t13-,14+. The molecule has 2 atom stereocenters. The Morgan fingerprint density at radius 2 is 1.64 bits per heavy atom. The molecule has 128 valence electrons. The maximum atomic E-state index is 6.02. The molecule has 1 aliphatic rings. The van der Waals surface area contributed by atoms with Gasteiger partial charge >= 0.3 is 0 Å². The lowest BCUT2D eigenvalue weighted by atomic mass is 10.1. The number of ether oxygens (including phenoxy) is 1. The van der Waals surface area contributed by atoms with E-state index in [-0.39, 0.29) is 12.2 Å². The Hall–Kier alpha value is -2.17. The van der Waals surface area contributed by atoms with E-state index in [1.807, 2.05) is 42.5 Å². The molecule has 2 heterocycles. The highest BCUT2D eigenvalue weighted by Crippen LogP contribution is 2.29. The summed E-state index contributed by atoms with van der Waals surface area (Å²) in [5.74, 6) is 1.69. The van der Waals surface area contributed by atoms with Crippen molar-refractivity contribution in [3.8, 4) is 11.4 Å². The molecule has 0 unspecified atom stereocenters. The van der Waals surface area contributed by atoms with Gasteiger partial charge in [0, 0.05) is 29.1 Å². The highest BCUT2D eigenvalue weighted by Gasteiger charge is 2.25. The second kappa shape index (κ2) is 6.62. The lowest BCUT2D eigenvalue weighted by molar-refractivity contribution is -0.00536. The summed E-state index contributed by atoms with van der Waals surface area (Å²) in [6.45, 7) is 5.86. The van der Waals surface area contributed by atoms with Crippen LogP contribution in [0.4, 0.5) is 5.82 Å². The first-order valence-electron chi connectivity index (χ1n) is 8.53. The van der Waals surface area contributed by atoms with E-state index in [1.165, 1.54) is 0 Å². The first-order valence-corrected chi connectivity index (χ1v) is 8.91. The van der Waals surface area contributed by atoms with E-state index < -0.39 is 0 Å². The number of anilines is 1. The molecular weight excluding hydrogens is 334 g/mol. The summed E-state index contributed by atoms with van der Waals surface area (Å²) in [5.41, 5.74) is 1.91. The molecule has 2 aromatic carbocycles. The Balaban J connectivity index is 1.85. The van der Waals surface area contributed by atoms with Crippen molar-refractivity contribution in [2.45, 2.75) is 26.1 Å². The Morgan fingerprint density at radius 3 is 2.36 bits per heavy atom. The molecule has 0 amide bonds. The molecular formula is C20H20ClN3O. The van der Waals surface area contributed by atoms with Gasteiger partial charge in [-0.15, -0.1) is 0 Å². The number of rotatable bonds is 2. The number of aromatic nitrogens is 2. The van der Waals surface area contributed by atoms with Gasteiger partial charge in [-0.05, 0) is 50.2 Å². The molecule has 1 fully saturated rings. The van der Waals surface area contributed by atoms with E-state index in [4.69, 9.17) is 26.3 Å². The Bertz CT molecular complexity index is 887. The number of fused-ring (bicyclic) bond motifs is 1. The highest BCUT2D eigenvalue weighted by molar-refractivity contribution is 6.30. The minimum absolute atomic E-state index is 0.177. The van der Waals surface area contributed by atoms with Gasteiger partial charge in [-0.25, -0.2) is 9.97 Å². The lowest BCUT2D eigenvalue weighted by Gasteiger charge is -2.36. The van der Waals surface area contributed by atoms with Crippen molar-refractivity contribution in [3.05, 3.63) is 53.6 Å². The largest absolute Gasteiger partial charge is 0.372 e. The summed E-state index contributed by atoms with van der Waals surface area (Å²) in [4.78, 5) is 12.0. The van der Waals surface area contributed by atoms with E-state index in [0.717, 1.165) is 41.2 Å². The molecule has 0 radical (unpaired) electrons. The monoisotopic (exact) mass is 353 g/mol. The predicted molar refractivity (Wildman–Crippen MR) is 102 cm³/mol. The summed E-state index contributed by atoms with van der Waals surface area (Å²) >= 11 is 6.02. The van der Waals surface area contributed by atoms with Crippen LogP contribution in [0.1, 0.15) is 13.8 Å². The van der Waals surface area contributed by atoms with E-state index in [1.54, 1.807) is 0 Å². The molecule has 25 heavy (non-hydrogen) atoms. The van der Waals surface area contributed by atoms with Crippen LogP contribution in [0.3, 0.4) is 0 Å². The normalized spacial score (nSPS) is 20.8. The SMILES string of the molecule is C[C@@H]1CN(c2nc(-c3ccc(Cl)cc3)nc3ccccc23)C[C@H](C)O1. The quantitative estimate of drug-likeness (QED) is 0.676. The molecule has 0 saturated carbocycles. The van der Waals surface area contributed by atoms with Crippen molar-refractivity contribution >= 4 is 28.3 Å². The van der Waals surface area contributed by atoms with Crippen LogP contribution in [0.25, 0.3) is 22.3 Å². The van der Waals surface area contributed by atoms with E-state index >= 15 is 0 Å². The van der Waals surface area contributed by atoms with E-state index in [9.17, 15) is 0 Å². The summed E-state index contributed by atoms with van der Waals surface area (Å²) in [6.07, 6.45) is 0.355. The number of para-hydroxylation sites is 1. The summed E-state index contributed by atoms with van der Waals surface area (Å²) in [6, 6.07) is 15.8. The molecule has 1 aliphatic heterocycles. The first-order chi connectivity index (χ1) is 12.1. The first kappa shape index (κ1) is 16.3. The van der Waals surface area contributed by atoms with Gasteiger partial charge < -0.3 is 9.64 Å². The van der Waals surface area contributed by atoms with Gasteiger partial charge in [0.15, 0.2) is 5.82 Å². The average molecular weight is 354 g/mol. The smallest absolute Gasteiger partial charge is 0.162 e. The van der Waals surface area contributed by atoms with Gasteiger partial charge in [0.25, 0.3) is 0 Å². The van der Waals surface area contributed by atoms with Crippen LogP contribution in [0.2, 0.25) is 5.02 Å². The fourth-order valence-electron chi connectivity index (χ4n) is 3.38. The molecule has 0 bridgehead atoms.